The minimum absolute atomic E-state index is 0.230. The van der Waals surface area contributed by atoms with E-state index in [2.05, 4.69) is 9.97 Å². The van der Waals surface area contributed by atoms with Gasteiger partial charge >= 0.3 is 0 Å². The van der Waals surface area contributed by atoms with Gasteiger partial charge in [-0.3, -0.25) is 9.78 Å². The molecule has 0 saturated carbocycles. The van der Waals surface area contributed by atoms with Crippen LogP contribution in [0.4, 0.5) is 0 Å². The van der Waals surface area contributed by atoms with Crippen LogP contribution in [0.2, 0.25) is 0 Å². The Labute approximate surface area is 155 Å². The predicted molar refractivity (Wildman–Crippen MR) is 103 cm³/mol. The van der Waals surface area contributed by atoms with Gasteiger partial charge in [-0.2, -0.15) is 0 Å². The summed E-state index contributed by atoms with van der Waals surface area (Å²) in [6.45, 7) is 0. The Balaban J connectivity index is 1.91. The smallest absolute Gasteiger partial charge is 0.213 e. The van der Waals surface area contributed by atoms with Crippen LogP contribution in [0.3, 0.4) is 0 Å². The van der Waals surface area contributed by atoms with Crippen molar-refractivity contribution in [1.82, 2.24) is 9.97 Å². The molecule has 4 rings (SSSR count). The monoisotopic (exact) mass is 362 g/mol. The third-order valence-corrected chi connectivity index (χ3v) is 4.57. The molecule has 0 atom stereocenters. The number of fused-ring (bicyclic) bond motifs is 3. The van der Waals surface area contributed by atoms with E-state index < -0.39 is 0 Å². The Morgan fingerprint density at radius 2 is 1.63 bits per heavy atom. The standard InChI is InChI=1S/C21H18N2O4/c1-25-16-10-12(11-17(26-2)21(16)27-3)20(24)19-18-14(8-9-22-19)13-6-4-5-7-15(13)23-18/h4-11,23H,1-3H3. The molecule has 136 valence electrons. The maximum atomic E-state index is 13.2. The van der Waals surface area contributed by atoms with Crippen LogP contribution in [0.1, 0.15) is 16.1 Å². The van der Waals surface area contributed by atoms with Crippen molar-refractivity contribution in [1.29, 1.82) is 0 Å². The Morgan fingerprint density at radius 1 is 0.926 bits per heavy atom. The Morgan fingerprint density at radius 3 is 2.30 bits per heavy atom. The summed E-state index contributed by atoms with van der Waals surface area (Å²) in [6.07, 6.45) is 1.65. The maximum absolute atomic E-state index is 13.2. The lowest BCUT2D eigenvalue weighted by atomic mass is 10.0. The van der Waals surface area contributed by atoms with E-state index in [1.807, 2.05) is 30.3 Å². The third kappa shape index (κ3) is 2.66. The van der Waals surface area contributed by atoms with Gasteiger partial charge < -0.3 is 19.2 Å². The van der Waals surface area contributed by atoms with Crippen LogP contribution in [-0.4, -0.2) is 37.1 Å². The number of carbonyl (C=O) groups excluding carboxylic acids is 1. The number of para-hydroxylation sites is 1. The first kappa shape index (κ1) is 16.9. The Bertz CT molecular complexity index is 1140. The molecule has 0 aliphatic rings. The zero-order valence-electron chi connectivity index (χ0n) is 15.2. The van der Waals surface area contributed by atoms with Crippen LogP contribution in [0.15, 0.2) is 48.7 Å². The second kappa shape index (κ2) is 6.64. The zero-order chi connectivity index (χ0) is 19.0. The molecule has 0 amide bonds. The molecule has 1 N–H and O–H groups in total. The summed E-state index contributed by atoms with van der Waals surface area (Å²) < 4.78 is 16.0. The van der Waals surface area contributed by atoms with Crippen molar-refractivity contribution >= 4 is 27.6 Å². The van der Waals surface area contributed by atoms with E-state index in [0.717, 1.165) is 16.3 Å². The number of benzene rings is 2. The van der Waals surface area contributed by atoms with E-state index in [4.69, 9.17) is 14.2 Å². The summed E-state index contributed by atoms with van der Waals surface area (Å²) in [7, 11) is 4.55. The molecule has 2 aromatic carbocycles. The van der Waals surface area contributed by atoms with Crippen LogP contribution >= 0.6 is 0 Å². The highest BCUT2D eigenvalue weighted by Gasteiger charge is 2.21. The van der Waals surface area contributed by atoms with Crippen LogP contribution in [0.5, 0.6) is 17.2 Å². The van der Waals surface area contributed by atoms with Gasteiger partial charge in [0, 0.05) is 28.0 Å². The van der Waals surface area contributed by atoms with Gasteiger partial charge in [0.05, 0.1) is 26.8 Å². The Hall–Kier alpha value is -3.54. The molecule has 6 nitrogen and oxygen atoms in total. The van der Waals surface area contributed by atoms with Crippen LogP contribution in [0, 0.1) is 0 Å². The SMILES string of the molecule is COc1cc(C(=O)c2nccc3c2[nH]c2ccccc23)cc(OC)c1OC. The molecule has 6 heteroatoms. The summed E-state index contributed by atoms with van der Waals surface area (Å²) in [5.41, 5.74) is 2.41. The van der Waals surface area contributed by atoms with Gasteiger partial charge in [0.15, 0.2) is 11.5 Å². The first-order valence-electron chi connectivity index (χ1n) is 8.38. The number of aromatic nitrogens is 2. The molecule has 2 heterocycles. The first-order chi connectivity index (χ1) is 13.2. The predicted octanol–water partition coefficient (Wildman–Crippen LogP) is 3.97. The average Bonchev–Trinajstić information content (AvgIpc) is 3.10. The fourth-order valence-corrected chi connectivity index (χ4v) is 3.30. The molecule has 0 bridgehead atoms. The largest absolute Gasteiger partial charge is 0.493 e. The van der Waals surface area contributed by atoms with Gasteiger partial charge in [-0.25, -0.2) is 0 Å². The van der Waals surface area contributed by atoms with Crippen LogP contribution in [0.25, 0.3) is 21.8 Å². The fourth-order valence-electron chi connectivity index (χ4n) is 3.30. The van der Waals surface area contributed by atoms with Crippen molar-refractivity contribution < 1.29 is 19.0 Å². The van der Waals surface area contributed by atoms with Gasteiger partial charge in [0.25, 0.3) is 0 Å². The van der Waals surface area contributed by atoms with E-state index in [0.29, 0.717) is 34.0 Å². The summed E-state index contributed by atoms with van der Waals surface area (Å²) >= 11 is 0. The molecular formula is C21H18N2O4. The third-order valence-electron chi connectivity index (χ3n) is 4.57. The van der Waals surface area contributed by atoms with E-state index in [9.17, 15) is 4.79 Å². The molecule has 2 aromatic heterocycles. The number of rotatable bonds is 5. The molecular weight excluding hydrogens is 344 g/mol. The van der Waals surface area contributed by atoms with Gasteiger partial charge in [-0.05, 0) is 24.3 Å². The number of pyridine rings is 1. The molecule has 0 radical (unpaired) electrons. The van der Waals surface area contributed by atoms with Gasteiger partial charge in [0.2, 0.25) is 11.5 Å². The van der Waals surface area contributed by atoms with Crippen molar-refractivity contribution in [3.8, 4) is 17.2 Å². The van der Waals surface area contributed by atoms with Crippen LogP contribution in [-0.2, 0) is 0 Å². The number of ether oxygens (including phenoxy) is 3. The lowest BCUT2D eigenvalue weighted by Gasteiger charge is -2.13. The maximum Gasteiger partial charge on any atom is 0.213 e. The lowest BCUT2D eigenvalue weighted by Crippen LogP contribution is -2.06. The number of hydrogen-bond acceptors (Lipinski definition) is 5. The second-order valence-corrected chi connectivity index (χ2v) is 6.00. The highest BCUT2D eigenvalue weighted by atomic mass is 16.5. The van der Waals surface area contributed by atoms with Crippen molar-refractivity contribution in [2.75, 3.05) is 21.3 Å². The van der Waals surface area contributed by atoms with E-state index in [1.165, 1.54) is 21.3 Å². The first-order valence-corrected chi connectivity index (χ1v) is 8.38. The molecule has 0 aliphatic carbocycles. The summed E-state index contributed by atoms with van der Waals surface area (Å²) in [5.74, 6) is 1.05. The number of aromatic amines is 1. The van der Waals surface area contributed by atoms with Crippen molar-refractivity contribution in [3.63, 3.8) is 0 Å². The quantitative estimate of drug-likeness (QED) is 0.544. The highest BCUT2D eigenvalue weighted by molar-refractivity contribution is 6.19. The molecule has 0 spiro atoms. The molecule has 0 aliphatic heterocycles. The molecule has 0 unspecified atom stereocenters. The van der Waals surface area contributed by atoms with Gasteiger partial charge in [-0.1, -0.05) is 18.2 Å². The summed E-state index contributed by atoms with van der Waals surface area (Å²) in [6, 6.07) is 13.1. The lowest BCUT2D eigenvalue weighted by molar-refractivity contribution is 0.103. The minimum atomic E-state index is -0.230. The fraction of sp³-hybridized carbons (Fsp3) is 0.143. The number of nitrogens with one attached hydrogen (secondary N) is 1. The zero-order valence-corrected chi connectivity index (χ0v) is 15.2. The van der Waals surface area contributed by atoms with Crippen molar-refractivity contribution in [2.45, 2.75) is 0 Å². The van der Waals surface area contributed by atoms with Gasteiger partial charge in [-0.15, -0.1) is 0 Å². The minimum Gasteiger partial charge on any atom is -0.493 e. The van der Waals surface area contributed by atoms with E-state index in [-0.39, 0.29) is 5.78 Å². The molecule has 27 heavy (non-hydrogen) atoms. The number of H-pyrrole nitrogens is 1. The molecule has 0 saturated heterocycles. The van der Waals surface area contributed by atoms with E-state index in [1.54, 1.807) is 18.3 Å². The van der Waals surface area contributed by atoms with Crippen molar-refractivity contribution in [2.24, 2.45) is 0 Å². The molecule has 4 aromatic rings. The average molecular weight is 362 g/mol. The molecule has 0 fully saturated rings. The van der Waals surface area contributed by atoms with Crippen molar-refractivity contribution in [3.05, 3.63) is 59.9 Å². The number of hydrogen-bond donors (Lipinski definition) is 1. The number of nitrogens with zero attached hydrogens (tertiary/aromatic N) is 1. The summed E-state index contributed by atoms with van der Waals surface area (Å²) in [4.78, 5) is 20.9. The number of methoxy groups -OCH3 is 3. The topological polar surface area (TPSA) is 73.4 Å². The second-order valence-electron chi connectivity index (χ2n) is 6.00. The Kier molecular flexibility index (Phi) is 4.16. The van der Waals surface area contributed by atoms with Crippen LogP contribution < -0.4 is 14.2 Å². The highest BCUT2D eigenvalue weighted by Crippen LogP contribution is 2.39. The van der Waals surface area contributed by atoms with Gasteiger partial charge in [0.1, 0.15) is 5.69 Å². The van der Waals surface area contributed by atoms with E-state index >= 15 is 0 Å². The summed E-state index contributed by atoms with van der Waals surface area (Å²) in [5, 5.41) is 2.00. The number of carbonyl (C=O) groups is 1. The number of ketones is 1. The normalized spacial score (nSPS) is 10.9.